The van der Waals surface area contributed by atoms with Crippen molar-refractivity contribution in [3.8, 4) is 0 Å². The Kier molecular flexibility index (Phi) is 8.82. The molecule has 1 N–H and O–H groups in total. The van der Waals surface area contributed by atoms with E-state index >= 15 is 0 Å². The summed E-state index contributed by atoms with van der Waals surface area (Å²) in [6.45, 7) is 0.632. The molecule has 190 valence electrons. The second kappa shape index (κ2) is 11.6. The minimum absolute atomic E-state index is 0.00363. The second-order valence-electron chi connectivity index (χ2n) is 8.88. The van der Waals surface area contributed by atoms with Gasteiger partial charge in [0.25, 0.3) is 0 Å². The van der Waals surface area contributed by atoms with Crippen LogP contribution in [0.2, 0.25) is 0 Å². The summed E-state index contributed by atoms with van der Waals surface area (Å²) in [4.78, 5) is 27.6. The molecule has 10 heteroatoms. The van der Waals surface area contributed by atoms with Crippen molar-refractivity contribution in [1.29, 1.82) is 0 Å². The van der Waals surface area contributed by atoms with E-state index in [1.165, 1.54) is 37.3 Å². The standard InChI is InChI=1S/C25H31F2N3O4S/c1-18(25(32)28-21-11-4-3-5-12-21)29(16-19-9-6-7-14-23(19)27)24(31)17-30(35(2,33)34)22-13-8-10-20(26)15-22/h6-10,13-15,18,21H,3-5,11-12,16-17H2,1-2H3,(H,28,32)/t18-/m0/s1. The first kappa shape index (κ1) is 26.6. The number of nitrogens with one attached hydrogen (secondary N) is 1. The number of hydrogen-bond acceptors (Lipinski definition) is 4. The lowest BCUT2D eigenvalue weighted by Crippen LogP contribution is -2.53. The molecule has 0 aromatic heterocycles. The van der Waals surface area contributed by atoms with Gasteiger partial charge in [-0.15, -0.1) is 0 Å². The van der Waals surface area contributed by atoms with Crippen LogP contribution in [0.5, 0.6) is 0 Å². The molecule has 0 heterocycles. The minimum Gasteiger partial charge on any atom is -0.352 e. The molecule has 0 saturated heterocycles. The third-order valence-corrected chi connectivity index (χ3v) is 7.33. The molecule has 1 aliphatic rings. The van der Waals surface area contributed by atoms with Crippen molar-refractivity contribution in [2.75, 3.05) is 17.1 Å². The van der Waals surface area contributed by atoms with Crippen LogP contribution in [-0.4, -0.2) is 50.0 Å². The molecule has 7 nitrogen and oxygen atoms in total. The number of nitrogens with zero attached hydrogens (tertiary/aromatic N) is 2. The first-order valence-electron chi connectivity index (χ1n) is 11.6. The molecule has 0 bridgehead atoms. The molecule has 1 atom stereocenters. The molecule has 0 spiro atoms. The van der Waals surface area contributed by atoms with E-state index in [2.05, 4.69) is 5.32 Å². The van der Waals surface area contributed by atoms with Gasteiger partial charge in [0, 0.05) is 18.2 Å². The fourth-order valence-corrected chi connectivity index (χ4v) is 5.05. The van der Waals surface area contributed by atoms with Crippen LogP contribution in [-0.2, 0) is 26.2 Å². The van der Waals surface area contributed by atoms with Crippen molar-refractivity contribution in [3.05, 3.63) is 65.7 Å². The normalized spacial score (nSPS) is 15.3. The quantitative estimate of drug-likeness (QED) is 0.562. The summed E-state index contributed by atoms with van der Waals surface area (Å²) in [5, 5.41) is 2.97. The summed E-state index contributed by atoms with van der Waals surface area (Å²) in [7, 11) is -3.97. The van der Waals surface area contributed by atoms with E-state index in [0.717, 1.165) is 59.7 Å². The number of anilines is 1. The summed E-state index contributed by atoms with van der Waals surface area (Å²) in [6.07, 6.45) is 5.73. The van der Waals surface area contributed by atoms with Gasteiger partial charge in [-0.25, -0.2) is 17.2 Å². The van der Waals surface area contributed by atoms with Crippen molar-refractivity contribution in [2.24, 2.45) is 0 Å². The summed E-state index contributed by atoms with van der Waals surface area (Å²) in [6, 6.07) is 9.78. The van der Waals surface area contributed by atoms with Crippen LogP contribution in [0.1, 0.15) is 44.6 Å². The van der Waals surface area contributed by atoms with Crippen LogP contribution in [0.25, 0.3) is 0 Å². The van der Waals surface area contributed by atoms with Crippen molar-refractivity contribution in [3.63, 3.8) is 0 Å². The topological polar surface area (TPSA) is 86.8 Å². The Morgan fingerprint density at radius 2 is 1.74 bits per heavy atom. The van der Waals surface area contributed by atoms with Crippen molar-refractivity contribution in [1.82, 2.24) is 10.2 Å². The summed E-state index contributed by atoms with van der Waals surface area (Å²) in [5.41, 5.74) is 0.167. The van der Waals surface area contributed by atoms with Gasteiger partial charge >= 0.3 is 0 Å². The molecule has 3 rings (SSSR count). The van der Waals surface area contributed by atoms with Crippen LogP contribution in [0.15, 0.2) is 48.5 Å². The van der Waals surface area contributed by atoms with E-state index < -0.39 is 46.1 Å². The van der Waals surface area contributed by atoms with Gasteiger partial charge in [0.15, 0.2) is 0 Å². The first-order chi connectivity index (χ1) is 16.6. The zero-order chi connectivity index (χ0) is 25.6. The van der Waals surface area contributed by atoms with Crippen molar-refractivity contribution in [2.45, 2.75) is 57.7 Å². The number of carbonyl (C=O) groups excluding carboxylic acids is 2. The second-order valence-corrected chi connectivity index (χ2v) is 10.8. The van der Waals surface area contributed by atoms with Gasteiger partial charge in [-0.2, -0.15) is 0 Å². The predicted molar refractivity (Wildman–Crippen MR) is 130 cm³/mol. The zero-order valence-corrected chi connectivity index (χ0v) is 20.7. The first-order valence-corrected chi connectivity index (χ1v) is 13.5. The Hall–Kier alpha value is -3.01. The van der Waals surface area contributed by atoms with Gasteiger partial charge in [0.05, 0.1) is 11.9 Å². The maximum atomic E-state index is 14.4. The molecular formula is C25H31F2N3O4S. The zero-order valence-electron chi connectivity index (χ0n) is 19.9. The fraction of sp³-hybridized carbons (Fsp3) is 0.440. The summed E-state index contributed by atoms with van der Waals surface area (Å²) in [5.74, 6) is -2.31. The highest BCUT2D eigenvalue weighted by Crippen LogP contribution is 2.21. The highest BCUT2D eigenvalue weighted by Gasteiger charge is 2.31. The predicted octanol–water partition coefficient (Wildman–Crippen LogP) is 3.60. The van der Waals surface area contributed by atoms with Gasteiger partial charge in [-0.3, -0.25) is 13.9 Å². The third-order valence-electron chi connectivity index (χ3n) is 6.19. The molecule has 1 fully saturated rings. The summed E-state index contributed by atoms with van der Waals surface area (Å²) >= 11 is 0. The lowest BCUT2D eigenvalue weighted by atomic mass is 9.95. The molecule has 2 amide bonds. The van der Waals surface area contributed by atoms with Gasteiger partial charge in [0.1, 0.15) is 24.2 Å². The number of carbonyl (C=O) groups is 2. The molecule has 1 saturated carbocycles. The maximum absolute atomic E-state index is 14.4. The number of halogens is 2. The van der Waals surface area contributed by atoms with Crippen LogP contribution >= 0.6 is 0 Å². The van der Waals surface area contributed by atoms with Gasteiger partial charge < -0.3 is 10.2 Å². The van der Waals surface area contributed by atoms with Gasteiger partial charge in [-0.05, 0) is 44.0 Å². The molecule has 2 aromatic rings. The number of sulfonamides is 1. The SMILES string of the molecule is C[C@@H](C(=O)NC1CCCCC1)N(Cc1ccccc1F)C(=O)CN(c1cccc(F)c1)S(C)(=O)=O. The van der Waals surface area contributed by atoms with Gasteiger partial charge in [0.2, 0.25) is 21.8 Å². The molecule has 1 aliphatic carbocycles. The van der Waals surface area contributed by atoms with E-state index in [-0.39, 0.29) is 23.8 Å². The Bertz CT molecular complexity index is 1150. The average Bonchev–Trinajstić information content (AvgIpc) is 2.81. The highest BCUT2D eigenvalue weighted by atomic mass is 32.2. The lowest BCUT2D eigenvalue weighted by Gasteiger charge is -2.33. The number of benzene rings is 2. The maximum Gasteiger partial charge on any atom is 0.244 e. The molecule has 35 heavy (non-hydrogen) atoms. The van der Waals surface area contributed by atoms with Gasteiger partial charge in [-0.1, -0.05) is 43.5 Å². The molecule has 0 unspecified atom stereocenters. The Balaban J connectivity index is 1.88. The Morgan fingerprint density at radius 1 is 1.06 bits per heavy atom. The molecule has 0 radical (unpaired) electrons. The third kappa shape index (κ3) is 7.24. The fourth-order valence-electron chi connectivity index (χ4n) is 4.21. The van der Waals surface area contributed by atoms with E-state index in [1.54, 1.807) is 6.07 Å². The highest BCUT2D eigenvalue weighted by molar-refractivity contribution is 7.92. The average molecular weight is 508 g/mol. The van der Waals surface area contributed by atoms with Crippen molar-refractivity contribution >= 4 is 27.5 Å². The monoisotopic (exact) mass is 507 g/mol. The number of amides is 2. The molecule has 2 aromatic carbocycles. The smallest absolute Gasteiger partial charge is 0.244 e. The van der Waals surface area contributed by atoms with Crippen LogP contribution < -0.4 is 9.62 Å². The largest absolute Gasteiger partial charge is 0.352 e. The lowest BCUT2D eigenvalue weighted by molar-refractivity contribution is -0.139. The van der Waals surface area contributed by atoms with Crippen molar-refractivity contribution < 1.29 is 26.8 Å². The van der Waals surface area contributed by atoms with E-state index in [0.29, 0.717) is 0 Å². The number of hydrogen-bond donors (Lipinski definition) is 1. The van der Waals surface area contributed by atoms with E-state index in [9.17, 15) is 26.8 Å². The van der Waals surface area contributed by atoms with E-state index in [1.807, 2.05) is 0 Å². The van der Waals surface area contributed by atoms with E-state index in [4.69, 9.17) is 0 Å². The van der Waals surface area contributed by atoms with Crippen LogP contribution in [0, 0.1) is 11.6 Å². The Labute approximate surface area is 205 Å². The summed E-state index contributed by atoms with van der Waals surface area (Å²) < 4.78 is 53.9. The molecular weight excluding hydrogens is 476 g/mol. The van der Waals surface area contributed by atoms with Crippen LogP contribution in [0.3, 0.4) is 0 Å². The van der Waals surface area contributed by atoms with Crippen LogP contribution in [0.4, 0.5) is 14.5 Å². The molecule has 0 aliphatic heterocycles. The Morgan fingerprint density at radius 3 is 2.37 bits per heavy atom. The minimum atomic E-state index is -3.97. The number of rotatable bonds is 9.